The Morgan fingerprint density at radius 3 is 2.53 bits per heavy atom. The number of rotatable bonds is 4. The summed E-state index contributed by atoms with van der Waals surface area (Å²) in [7, 11) is 3.11. The number of methoxy groups -OCH3 is 2. The molecule has 0 fully saturated rings. The zero-order valence-electron chi connectivity index (χ0n) is 10.5. The van der Waals surface area contributed by atoms with E-state index in [2.05, 4.69) is 0 Å². The third-order valence-corrected chi connectivity index (χ3v) is 3.71. The predicted octanol–water partition coefficient (Wildman–Crippen LogP) is 2.71. The summed E-state index contributed by atoms with van der Waals surface area (Å²) < 4.78 is 10.4. The van der Waals surface area contributed by atoms with E-state index in [1.165, 1.54) is 0 Å². The fraction of sp³-hybridized carbons (Fsp3) is 0.154. The van der Waals surface area contributed by atoms with Crippen LogP contribution in [-0.2, 0) is 0 Å². The normalized spacial score (nSPS) is 10.2. The standard InChI is InChI=1S/C13H13NO4S/c1-17-7-3-4-8(10(5-7)18-2)9-6-19-12(11(9)14)13(15)16/h3-6H,14H2,1-2H3,(H,15,16). The van der Waals surface area contributed by atoms with Gasteiger partial charge in [0.1, 0.15) is 16.4 Å². The molecule has 0 atom stereocenters. The van der Waals surface area contributed by atoms with Crippen LogP contribution in [0.5, 0.6) is 11.5 Å². The van der Waals surface area contributed by atoms with E-state index in [9.17, 15) is 4.79 Å². The van der Waals surface area contributed by atoms with Crippen LogP contribution in [0.2, 0.25) is 0 Å². The predicted molar refractivity (Wildman–Crippen MR) is 74.2 cm³/mol. The van der Waals surface area contributed by atoms with Crippen LogP contribution in [0.15, 0.2) is 23.6 Å². The van der Waals surface area contributed by atoms with E-state index in [0.717, 1.165) is 16.9 Å². The largest absolute Gasteiger partial charge is 0.497 e. The Morgan fingerprint density at radius 2 is 2.00 bits per heavy atom. The molecule has 100 valence electrons. The molecule has 0 radical (unpaired) electrons. The summed E-state index contributed by atoms with van der Waals surface area (Å²) in [4.78, 5) is 11.1. The molecule has 0 amide bonds. The molecule has 3 N–H and O–H groups in total. The summed E-state index contributed by atoms with van der Waals surface area (Å²) >= 11 is 1.10. The number of benzene rings is 1. The molecule has 0 aliphatic heterocycles. The average molecular weight is 279 g/mol. The van der Waals surface area contributed by atoms with Crippen molar-refractivity contribution in [2.75, 3.05) is 20.0 Å². The topological polar surface area (TPSA) is 81.8 Å². The van der Waals surface area contributed by atoms with E-state index < -0.39 is 5.97 Å². The number of carboxylic acids is 1. The molecule has 1 heterocycles. The van der Waals surface area contributed by atoms with E-state index in [1.54, 1.807) is 37.8 Å². The molecule has 5 nitrogen and oxygen atoms in total. The Kier molecular flexibility index (Phi) is 3.62. The lowest BCUT2D eigenvalue weighted by Crippen LogP contribution is -1.99. The minimum Gasteiger partial charge on any atom is -0.497 e. The molecule has 0 saturated carbocycles. The number of carboxylic acid groups (broad SMARTS) is 1. The molecule has 0 aliphatic carbocycles. The van der Waals surface area contributed by atoms with Crippen molar-refractivity contribution in [2.24, 2.45) is 0 Å². The minimum atomic E-state index is -1.03. The quantitative estimate of drug-likeness (QED) is 0.899. The second-order valence-corrected chi connectivity index (χ2v) is 4.64. The molecular formula is C13H13NO4S. The molecule has 0 aliphatic rings. The Balaban J connectivity index is 2.55. The smallest absolute Gasteiger partial charge is 0.348 e. The van der Waals surface area contributed by atoms with Gasteiger partial charge in [-0.15, -0.1) is 11.3 Å². The van der Waals surface area contributed by atoms with Crippen molar-refractivity contribution in [1.82, 2.24) is 0 Å². The Bertz CT molecular complexity index is 621. The second-order valence-electron chi connectivity index (χ2n) is 3.76. The number of hydrogen-bond donors (Lipinski definition) is 2. The van der Waals surface area contributed by atoms with Gasteiger partial charge in [-0.2, -0.15) is 0 Å². The fourth-order valence-corrected chi connectivity index (χ4v) is 2.59. The van der Waals surface area contributed by atoms with E-state index in [4.69, 9.17) is 20.3 Å². The van der Waals surface area contributed by atoms with Crippen molar-refractivity contribution in [1.29, 1.82) is 0 Å². The summed E-state index contributed by atoms with van der Waals surface area (Å²) in [5.74, 6) is 0.217. The Hall–Kier alpha value is -2.21. The first-order chi connectivity index (χ1) is 9.08. The van der Waals surface area contributed by atoms with Crippen molar-refractivity contribution < 1.29 is 19.4 Å². The zero-order valence-corrected chi connectivity index (χ0v) is 11.3. The number of ether oxygens (including phenoxy) is 2. The first-order valence-electron chi connectivity index (χ1n) is 5.41. The molecule has 1 aromatic carbocycles. The van der Waals surface area contributed by atoms with E-state index >= 15 is 0 Å². The summed E-state index contributed by atoms with van der Waals surface area (Å²) in [5, 5.41) is 10.7. The number of thiophene rings is 1. The van der Waals surface area contributed by atoms with Gasteiger partial charge in [-0.05, 0) is 12.1 Å². The van der Waals surface area contributed by atoms with Gasteiger partial charge in [0.15, 0.2) is 0 Å². The monoisotopic (exact) mass is 279 g/mol. The highest BCUT2D eigenvalue weighted by Crippen LogP contribution is 2.40. The summed E-state index contributed by atoms with van der Waals surface area (Å²) in [6, 6.07) is 5.30. The van der Waals surface area contributed by atoms with E-state index in [0.29, 0.717) is 17.1 Å². The van der Waals surface area contributed by atoms with Gasteiger partial charge in [-0.25, -0.2) is 4.79 Å². The molecule has 1 aromatic heterocycles. The first-order valence-corrected chi connectivity index (χ1v) is 6.29. The van der Waals surface area contributed by atoms with Crippen LogP contribution in [0.3, 0.4) is 0 Å². The van der Waals surface area contributed by atoms with Crippen LogP contribution in [0.1, 0.15) is 9.67 Å². The SMILES string of the molecule is COc1ccc(-c2csc(C(=O)O)c2N)c(OC)c1. The lowest BCUT2D eigenvalue weighted by Gasteiger charge is -2.10. The van der Waals surface area contributed by atoms with Crippen molar-refractivity contribution >= 4 is 23.0 Å². The number of aromatic carboxylic acids is 1. The lowest BCUT2D eigenvalue weighted by atomic mass is 10.1. The molecule has 2 rings (SSSR count). The van der Waals surface area contributed by atoms with Gasteiger partial charge >= 0.3 is 5.97 Å². The molecule has 0 saturated heterocycles. The van der Waals surface area contributed by atoms with Crippen molar-refractivity contribution in [2.45, 2.75) is 0 Å². The van der Waals surface area contributed by atoms with Crippen LogP contribution in [0, 0.1) is 0 Å². The Morgan fingerprint density at radius 1 is 1.26 bits per heavy atom. The van der Waals surface area contributed by atoms with Crippen LogP contribution >= 0.6 is 11.3 Å². The third kappa shape index (κ3) is 2.34. The summed E-state index contributed by atoms with van der Waals surface area (Å²) in [6.45, 7) is 0. The molecule has 6 heteroatoms. The fourth-order valence-electron chi connectivity index (χ4n) is 1.76. The summed E-state index contributed by atoms with van der Waals surface area (Å²) in [6.07, 6.45) is 0. The van der Waals surface area contributed by atoms with Gasteiger partial charge in [0.05, 0.1) is 19.9 Å². The van der Waals surface area contributed by atoms with Gasteiger partial charge < -0.3 is 20.3 Å². The number of hydrogen-bond acceptors (Lipinski definition) is 5. The van der Waals surface area contributed by atoms with Crippen molar-refractivity contribution in [3.8, 4) is 22.6 Å². The van der Waals surface area contributed by atoms with E-state index in [-0.39, 0.29) is 10.6 Å². The van der Waals surface area contributed by atoms with Gasteiger partial charge in [0.2, 0.25) is 0 Å². The second kappa shape index (κ2) is 5.19. The van der Waals surface area contributed by atoms with Gasteiger partial charge in [-0.1, -0.05) is 0 Å². The van der Waals surface area contributed by atoms with Crippen LogP contribution in [0.25, 0.3) is 11.1 Å². The maximum Gasteiger partial charge on any atom is 0.348 e. The van der Waals surface area contributed by atoms with Crippen molar-refractivity contribution in [3.63, 3.8) is 0 Å². The highest BCUT2D eigenvalue weighted by Gasteiger charge is 2.18. The summed E-state index contributed by atoms with van der Waals surface area (Å²) in [5.41, 5.74) is 7.52. The van der Waals surface area contributed by atoms with Crippen molar-refractivity contribution in [3.05, 3.63) is 28.5 Å². The Labute approximate surface area is 114 Å². The number of nitrogen functional groups attached to an aromatic ring is 1. The minimum absolute atomic E-state index is 0.132. The first kappa shape index (κ1) is 13.2. The number of carbonyl (C=O) groups is 1. The highest BCUT2D eigenvalue weighted by atomic mass is 32.1. The zero-order chi connectivity index (χ0) is 14.0. The van der Waals surface area contributed by atoms with Gasteiger partial charge in [0.25, 0.3) is 0 Å². The van der Waals surface area contributed by atoms with Gasteiger partial charge in [-0.3, -0.25) is 0 Å². The van der Waals surface area contributed by atoms with Crippen LogP contribution in [-0.4, -0.2) is 25.3 Å². The van der Waals surface area contributed by atoms with Crippen LogP contribution in [0.4, 0.5) is 5.69 Å². The molecular weight excluding hydrogens is 266 g/mol. The molecule has 0 bridgehead atoms. The molecule has 2 aromatic rings. The number of anilines is 1. The maximum atomic E-state index is 11.0. The highest BCUT2D eigenvalue weighted by molar-refractivity contribution is 7.13. The maximum absolute atomic E-state index is 11.0. The molecule has 0 spiro atoms. The van der Waals surface area contributed by atoms with Crippen LogP contribution < -0.4 is 15.2 Å². The van der Waals surface area contributed by atoms with Gasteiger partial charge in [0, 0.05) is 22.6 Å². The molecule has 19 heavy (non-hydrogen) atoms. The lowest BCUT2D eigenvalue weighted by molar-refractivity contribution is 0.0703. The van der Waals surface area contributed by atoms with E-state index in [1.807, 2.05) is 0 Å². The average Bonchev–Trinajstić information content (AvgIpc) is 2.79. The third-order valence-electron chi connectivity index (χ3n) is 2.72. The number of nitrogens with two attached hydrogens (primary N) is 1. The molecule has 0 unspecified atom stereocenters.